The number of hydrogen-bond donors (Lipinski definition) is 3. The summed E-state index contributed by atoms with van der Waals surface area (Å²) in [5, 5.41) is 18.9. The van der Waals surface area contributed by atoms with Crippen LogP contribution in [0.15, 0.2) is 24.5 Å². The van der Waals surface area contributed by atoms with E-state index in [1.165, 1.54) is 0 Å². The predicted molar refractivity (Wildman–Crippen MR) is 78.8 cm³/mol. The summed E-state index contributed by atoms with van der Waals surface area (Å²) in [6.07, 6.45) is 4.63. The molecule has 0 bridgehead atoms. The number of nitrogens with zero attached hydrogens (tertiary/aromatic N) is 3. The van der Waals surface area contributed by atoms with Crippen molar-refractivity contribution in [3.8, 4) is 0 Å². The third kappa shape index (κ3) is 3.69. The molecule has 0 spiro atoms. The first kappa shape index (κ1) is 15.2. The lowest BCUT2D eigenvalue weighted by Gasteiger charge is -2.29. The van der Waals surface area contributed by atoms with Crippen LogP contribution >= 0.6 is 0 Å². The molecule has 0 saturated carbocycles. The number of carbonyl (C=O) groups excluding carboxylic acids is 1. The Kier molecular flexibility index (Phi) is 4.74. The second kappa shape index (κ2) is 6.53. The lowest BCUT2D eigenvalue weighted by atomic mass is 9.95. The van der Waals surface area contributed by atoms with Gasteiger partial charge in [0.15, 0.2) is 5.65 Å². The van der Waals surface area contributed by atoms with Gasteiger partial charge in [-0.3, -0.25) is 0 Å². The smallest absolute Gasteiger partial charge is 0.315 e. The first-order valence-electron chi connectivity index (χ1n) is 7.02. The molecule has 2 amide bonds. The van der Waals surface area contributed by atoms with Crippen LogP contribution in [-0.2, 0) is 6.54 Å². The van der Waals surface area contributed by atoms with E-state index in [1.54, 1.807) is 23.0 Å². The van der Waals surface area contributed by atoms with E-state index < -0.39 is 5.54 Å². The Morgan fingerprint density at radius 3 is 2.95 bits per heavy atom. The number of fused-ring (bicyclic) bond motifs is 1. The molecule has 0 aromatic carbocycles. The zero-order valence-corrected chi connectivity index (χ0v) is 12.3. The maximum atomic E-state index is 12.0. The zero-order valence-electron chi connectivity index (χ0n) is 12.3. The van der Waals surface area contributed by atoms with Gasteiger partial charge in [-0.1, -0.05) is 6.92 Å². The molecule has 2 aromatic rings. The molecule has 2 heterocycles. The topological polar surface area (TPSA) is 91.5 Å². The van der Waals surface area contributed by atoms with Crippen LogP contribution in [0.2, 0.25) is 0 Å². The first-order valence-corrected chi connectivity index (χ1v) is 7.02. The van der Waals surface area contributed by atoms with Crippen molar-refractivity contribution in [3.63, 3.8) is 0 Å². The molecule has 0 aliphatic heterocycles. The van der Waals surface area contributed by atoms with Crippen molar-refractivity contribution in [2.75, 3.05) is 6.61 Å². The maximum absolute atomic E-state index is 12.0. The molecule has 0 fully saturated rings. The van der Waals surface area contributed by atoms with Crippen LogP contribution in [0.25, 0.3) is 5.65 Å². The summed E-state index contributed by atoms with van der Waals surface area (Å²) >= 11 is 0. The number of rotatable bonds is 6. The molecular weight excluding hydrogens is 270 g/mol. The number of urea groups is 1. The fourth-order valence-electron chi connectivity index (χ4n) is 2.08. The first-order chi connectivity index (χ1) is 10.1. The van der Waals surface area contributed by atoms with Gasteiger partial charge in [-0.25, -0.2) is 14.3 Å². The molecule has 7 heteroatoms. The van der Waals surface area contributed by atoms with E-state index in [0.717, 1.165) is 17.8 Å². The number of amides is 2. The average Bonchev–Trinajstić information content (AvgIpc) is 2.94. The van der Waals surface area contributed by atoms with Crippen molar-refractivity contribution in [2.45, 2.75) is 38.8 Å². The number of hydrogen-bond acceptors (Lipinski definition) is 4. The van der Waals surface area contributed by atoms with Gasteiger partial charge in [0.1, 0.15) is 0 Å². The molecule has 3 N–H and O–H groups in total. The highest BCUT2D eigenvalue weighted by molar-refractivity contribution is 5.74. The third-order valence-corrected chi connectivity index (χ3v) is 3.66. The summed E-state index contributed by atoms with van der Waals surface area (Å²) < 4.78 is 1.69. The monoisotopic (exact) mass is 291 g/mol. The summed E-state index contributed by atoms with van der Waals surface area (Å²) in [5.41, 5.74) is 1.19. The van der Waals surface area contributed by atoms with Crippen LogP contribution in [0.1, 0.15) is 32.4 Å². The van der Waals surface area contributed by atoms with Crippen molar-refractivity contribution in [2.24, 2.45) is 0 Å². The Balaban J connectivity index is 1.96. The molecule has 2 aromatic heterocycles. The van der Waals surface area contributed by atoms with Crippen LogP contribution in [0.4, 0.5) is 4.79 Å². The van der Waals surface area contributed by atoms with E-state index in [9.17, 15) is 4.79 Å². The third-order valence-electron chi connectivity index (χ3n) is 3.66. The highest BCUT2D eigenvalue weighted by Crippen LogP contribution is 2.13. The fraction of sp³-hybridized carbons (Fsp3) is 0.500. The fourth-order valence-corrected chi connectivity index (χ4v) is 2.08. The molecule has 2 rings (SSSR count). The average molecular weight is 291 g/mol. The SMILES string of the molecule is CCC(C)(CCO)NC(=O)NCc1ccnc2ccnn12. The summed E-state index contributed by atoms with van der Waals surface area (Å²) in [4.78, 5) is 16.2. The quantitative estimate of drug-likeness (QED) is 0.742. The lowest BCUT2D eigenvalue weighted by molar-refractivity contribution is 0.200. The van der Waals surface area contributed by atoms with E-state index >= 15 is 0 Å². The van der Waals surface area contributed by atoms with Crippen molar-refractivity contribution in [1.29, 1.82) is 0 Å². The molecule has 0 aliphatic carbocycles. The molecule has 0 radical (unpaired) electrons. The molecule has 114 valence electrons. The second-order valence-electron chi connectivity index (χ2n) is 5.23. The molecule has 1 atom stereocenters. The number of aliphatic hydroxyl groups excluding tert-OH is 1. The van der Waals surface area contributed by atoms with Gasteiger partial charge in [0.25, 0.3) is 0 Å². The Morgan fingerprint density at radius 2 is 2.24 bits per heavy atom. The Morgan fingerprint density at radius 1 is 1.43 bits per heavy atom. The van der Waals surface area contributed by atoms with Gasteiger partial charge >= 0.3 is 6.03 Å². The van der Waals surface area contributed by atoms with Gasteiger partial charge in [-0.2, -0.15) is 5.10 Å². The number of carbonyl (C=O) groups is 1. The second-order valence-corrected chi connectivity index (χ2v) is 5.23. The minimum absolute atomic E-state index is 0.0445. The number of aliphatic hydroxyl groups is 1. The lowest BCUT2D eigenvalue weighted by Crippen LogP contribution is -2.50. The predicted octanol–water partition coefficient (Wildman–Crippen LogP) is 1.08. The number of aromatic nitrogens is 3. The van der Waals surface area contributed by atoms with Crippen molar-refractivity contribution < 1.29 is 9.90 Å². The normalized spacial score (nSPS) is 13.9. The highest BCUT2D eigenvalue weighted by Gasteiger charge is 2.23. The van der Waals surface area contributed by atoms with Crippen molar-refractivity contribution in [3.05, 3.63) is 30.2 Å². The van der Waals surface area contributed by atoms with Crippen LogP contribution < -0.4 is 10.6 Å². The minimum atomic E-state index is -0.405. The summed E-state index contributed by atoms with van der Waals surface area (Å²) in [5.74, 6) is 0. The van der Waals surface area contributed by atoms with Crippen LogP contribution in [0.3, 0.4) is 0 Å². The summed E-state index contributed by atoms with van der Waals surface area (Å²) in [7, 11) is 0. The molecule has 0 aliphatic rings. The Hall–Kier alpha value is -2.15. The van der Waals surface area contributed by atoms with Crippen LogP contribution in [-0.4, -0.2) is 37.9 Å². The zero-order chi connectivity index (χ0) is 15.3. The highest BCUT2D eigenvalue weighted by atomic mass is 16.3. The van der Waals surface area contributed by atoms with Gasteiger partial charge in [-0.05, 0) is 25.8 Å². The molecule has 1 unspecified atom stereocenters. The van der Waals surface area contributed by atoms with Gasteiger partial charge < -0.3 is 15.7 Å². The Bertz CT molecular complexity index is 612. The van der Waals surface area contributed by atoms with E-state index in [4.69, 9.17) is 5.11 Å². The van der Waals surface area contributed by atoms with E-state index in [0.29, 0.717) is 13.0 Å². The van der Waals surface area contributed by atoms with E-state index in [2.05, 4.69) is 20.7 Å². The number of nitrogens with one attached hydrogen (secondary N) is 2. The maximum Gasteiger partial charge on any atom is 0.315 e. The van der Waals surface area contributed by atoms with Crippen molar-refractivity contribution in [1.82, 2.24) is 25.2 Å². The van der Waals surface area contributed by atoms with E-state index in [1.807, 2.05) is 19.9 Å². The van der Waals surface area contributed by atoms with Gasteiger partial charge in [0.05, 0.1) is 18.4 Å². The molecule has 0 saturated heterocycles. The standard InChI is InChI=1S/C14H21N5O2/c1-3-14(2,6-9-20)18-13(21)16-10-11-4-7-15-12-5-8-17-19(11)12/h4-5,7-8,20H,3,6,9-10H2,1-2H3,(H2,16,18,21). The van der Waals surface area contributed by atoms with Crippen molar-refractivity contribution >= 4 is 11.7 Å². The van der Waals surface area contributed by atoms with Gasteiger partial charge in [0, 0.05) is 24.4 Å². The largest absolute Gasteiger partial charge is 0.396 e. The summed E-state index contributed by atoms with van der Waals surface area (Å²) in [6, 6.07) is 3.36. The van der Waals surface area contributed by atoms with Gasteiger partial charge in [-0.15, -0.1) is 0 Å². The van der Waals surface area contributed by atoms with Gasteiger partial charge in [0.2, 0.25) is 0 Å². The van der Waals surface area contributed by atoms with E-state index in [-0.39, 0.29) is 12.6 Å². The minimum Gasteiger partial charge on any atom is -0.396 e. The van der Waals surface area contributed by atoms with Crippen LogP contribution in [0.5, 0.6) is 0 Å². The molecule has 21 heavy (non-hydrogen) atoms. The van der Waals surface area contributed by atoms with Crippen LogP contribution in [0, 0.1) is 0 Å². The molecular formula is C14H21N5O2. The molecule has 7 nitrogen and oxygen atoms in total. The summed E-state index contributed by atoms with van der Waals surface area (Å²) in [6.45, 7) is 4.29. The Labute approximate surface area is 123 Å².